The maximum Gasteiger partial charge on any atom is 0.225 e. The van der Waals surface area contributed by atoms with E-state index >= 15 is 0 Å². The molecule has 0 aromatic rings. The van der Waals surface area contributed by atoms with E-state index in [0.29, 0.717) is 17.9 Å². The molecule has 2 aliphatic rings. The van der Waals surface area contributed by atoms with E-state index in [4.69, 9.17) is 5.73 Å². The smallest absolute Gasteiger partial charge is 0.225 e. The Bertz CT molecular complexity index is 272. The molecule has 3 nitrogen and oxygen atoms in total. The molecule has 0 aromatic carbocycles. The standard InChI is InChI=1S/C15H28N2O/c1-17(14-7-2-3-8-14)15(18)13-6-4-5-12(11-13)9-10-16/h12-14H,2-11,16H2,1H3. The van der Waals surface area contributed by atoms with Crippen LogP contribution >= 0.6 is 0 Å². The number of rotatable bonds is 4. The van der Waals surface area contributed by atoms with Crippen molar-refractivity contribution in [3.05, 3.63) is 0 Å². The van der Waals surface area contributed by atoms with Crippen LogP contribution in [0.5, 0.6) is 0 Å². The highest BCUT2D eigenvalue weighted by Crippen LogP contribution is 2.33. The van der Waals surface area contributed by atoms with Gasteiger partial charge in [0.2, 0.25) is 5.91 Å². The minimum atomic E-state index is 0.279. The van der Waals surface area contributed by atoms with E-state index < -0.39 is 0 Å². The average molecular weight is 252 g/mol. The lowest BCUT2D eigenvalue weighted by Gasteiger charge is -2.33. The molecule has 0 radical (unpaired) electrons. The fraction of sp³-hybridized carbons (Fsp3) is 0.933. The van der Waals surface area contributed by atoms with Crippen LogP contribution in [0.25, 0.3) is 0 Å². The number of carbonyl (C=O) groups excluding carboxylic acids is 1. The number of nitrogens with two attached hydrogens (primary N) is 1. The molecule has 104 valence electrons. The molecule has 18 heavy (non-hydrogen) atoms. The molecule has 0 aromatic heterocycles. The first kappa shape index (κ1) is 13.9. The summed E-state index contributed by atoms with van der Waals surface area (Å²) in [4.78, 5) is 14.6. The van der Waals surface area contributed by atoms with Crippen LogP contribution in [0.4, 0.5) is 0 Å². The Kier molecular flexibility index (Phi) is 5.04. The summed E-state index contributed by atoms with van der Waals surface area (Å²) in [7, 11) is 2.02. The SMILES string of the molecule is CN(C(=O)C1CCCC(CCN)C1)C1CCCC1. The monoisotopic (exact) mass is 252 g/mol. The Morgan fingerprint density at radius 3 is 2.56 bits per heavy atom. The fourth-order valence-electron chi connectivity index (χ4n) is 3.77. The van der Waals surface area contributed by atoms with Crippen LogP contribution in [0.15, 0.2) is 0 Å². The molecule has 2 fully saturated rings. The maximum absolute atomic E-state index is 12.5. The zero-order valence-corrected chi connectivity index (χ0v) is 11.7. The highest BCUT2D eigenvalue weighted by molar-refractivity contribution is 5.79. The van der Waals surface area contributed by atoms with Crippen LogP contribution in [-0.4, -0.2) is 30.4 Å². The summed E-state index contributed by atoms with van der Waals surface area (Å²) in [6, 6.07) is 0.521. The van der Waals surface area contributed by atoms with E-state index in [1.807, 2.05) is 7.05 Å². The van der Waals surface area contributed by atoms with Crippen molar-refractivity contribution in [1.29, 1.82) is 0 Å². The van der Waals surface area contributed by atoms with Crippen molar-refractivity contribution in [2.24, 2.45) is 17.6 Å². The molecule has 2 N–H and O–H groups in total. The minimum Gasteiger partial charge on any atom is -0.343 e. The summed E-state index contributed by atoms with van der Waals surface area (Å²) in [5.74, 6) is 1.37. The van der Waals surface area contributed by atoms with Gasteiger partial charge >= 0.3 is 0 Å². The molecule has 1 amide bonds. The second-order valence-electron chi connectivity index (χ2n) is 6.19. The maximum atomic E-state index is 12.5. The second kappa shape index (κ2) is 6.55. The van der Waals surface area contributed by atoms with E-state index in [-0.39, 0.29) is 5.92 Å². The zero-order chi connectivity index (χ0) is 13.0. The van der Waals surface area contributed by atoms with Gasteiger partial charge in [-0.3, -0.25) is 4.79 Å². The topological polar surface area (TPSA) is 46.3 Å². The normalized spacial score (nSPS) is 29.4. The van der Waals surface area contributed by atoms with E-state index in [1.165, 1.54) is 38.5 Å². The van der Waals surface area contributed by atoms with E-state index in [0.717, 1.165) is 25.8 Å². The molecule has 0 spiro atoms. The first-order valence-electron chi connectivity index (χ1n) is 7.69. The summed E-state index contributed by atoms with van der Waals surface area (Å²) < 4.78 is 0. The number of hydrogen-bond acceptors (Lipinski definition) is 2. The van der Waals surface area contributed by atoms with E-state index in [2.05, 4.69) is 4.90 Å². The summed E-state index contributed by atoms with van der Waals surface area (Å²) in [6.07, 6.45) is 10.8. The van der Waals surface area contributed by atoms with Crippen molar-refractivity contribution in [3.8, 4) is 0 Å². The Morgan fingerprint density at radius 2 is 1.89 bits per heavy atom. The van der Waals surface area contributed by atoms with Gasteiger partial charge < -0.3 is 10.6 Å². The average Bonchev–Trinajstić information content (AvgIpc) is 2.91. The molecule has 2 atom stereocenters. The number of hydrogen-bond donors (Lipinski definition) is 1. The summed E-state index contributed by atoms with van der Waals surface area (Å²) >= 11 is 0. The lowest BCUT2D eigenvalue weighted by Crippen LogP contribution is -2.41. The third kappa shape index (κ3) is 3.25. The summed E-state index contributed by atoms with van der Waals surface area (Å²) in [5, 5.41) is 0. The third-order valence-electron chi connectivity index (χ3n) is 4.93. The molecule has 3 heteroatoms. The number of carbonyl (C=O) groups is 1. The highest BCUT2D eigenvalue weighted by Gasteiger charge is 2.32. The Hall–Kier alpha value is -0.570. The van der Waals surface area contributed by atoms with Gasteiger partial charge in [0.1, 0.15) is 0 Å². The molecule has 0 aliphatic heterocycles. The van der Waals surface area contributed by atoms with E-state index in [1.54, 1.807) is 0 Å². The van der Waals surface area contributed by atoms with Gasteiger partial charge in [-0.25, -0.2) is 0 Å². The predicted octanol–water partition coefficient (Wildman–Crippen LogP) is 2.54. The lowest BCUT2D eigenvalue weighted by atomic mass is 9.79. The third-order valence-corrected chi connectivity index (χ3v) is 4.93. The molecule has 0 saturated heterocycles. The van der Waals surface area contributed by atoms with Gasteiger partial charge in [-0.2, -0.15) is 0 Å². The van der Waals surface area contributed by atoms with E-state index in [9.17, 15) is 4.79 Å². The van der Waals surface area contributed by atoms with Crippen LogP contribution in [0.3, 0.4) is 0 Å². The number of amides is 1. The van der Waals surface area contributed by atoms with Crippen molar-refractivity contribution < 1.29 is 4.79 Å². The summed E-state index contributed by atoms with van der Waals surface area (Å²) in [5.41, 5.74) is 5.64. The highest BCUT2D eigenvalue weighted by atomic mass is 16.2. The molecule has 2 saturated carbocycles. The van der Waals surface area contributed by atoms with Crippen LogP contribution < -0.4 is 5.73 Å². The van der Waals surface area contributed by atoms with Gasteiger partial charge in [-0.1, -0.05) is 25.7 Å². The Morgan fingerprint density at radius 1 is 1.17 bits per heavy atom. The van der Waals surface area contributed by atoms with Crippen molar-refractivity contribution in [2.75, 3.05) is 13.6 Å². The van der Waals surface area contributed by atoms with Crippen molar-refractivity contribution in [2.45, 2.75) is 63.8 Å². The quantitative estimate of drug-likeness (QED) is 0.835. The van der Waals surface area contributed by atoms with Crippen molar-refractivity contribution >= 4 is 5.91 Å². The molecular formula is C15H28N2O. The number of nitrogens with zero attached hydrogens (tertiary/aromatic N) is 1. The molecule has 2 aliphatic carbocycles. The van der Waals surface area contributed by atoms with Gasteiger partial charge in [-0.15, -0.1) is 0 Å². The predicted molar refractivity (Wildman–Crippen MR) is 74.1 cm³/mol. The first-order chi connectivity index (χ1) is 8.72. The Labute approximate surface area is 111 Å². The van der Waals surface area contributed by atoms with Gasteiger partial charge in [0.15, 0.2) is 0 Å². The molecule has 2 rings (SSSR count). The second-order valence-corrected chi connectivity index (χ2v) is 6.19. The van der Waals surface area contributed by atoms with Crippen LogP contribution in [-0.2, 0) is 4.79 Å². The van der Waals surface area contributed by atoms with Crippen molar-refractivity contribution in [3.63, 3.8) is 0 Å². The fourth-order valence-corrected chi connectivity index (χ4v) is 3.77. The first-order valence-corrected chi connectivity index (χ1v) is 7.69. The van der Waals surface area contributed by atoms with Gasteiger partial charge in [0.05, 0.1) is 0 Å². The molecular weight excluding hydrogens is 224 g/mol. The van der Waals surface area contributed by atoms with Crippen LogP contribution in [0.2, 0.25) is 0 Å². The van der Waals surface area contributed by atoms with Gasteiger partial charge in [0.25, 0.3) is 0 Å². The molecule has 2 unspecified atom stereocenters. The minimum absolute atomic E-state index is 0.279. The summed E-state index contributed by atoms with van der Waals surface area (Å²) in [6.45, 7) is 0.768. The lowest BCUT2D eigenvalue weighted by molar-refractivity contribution is -0.137. The van der Waals surface area contributed by atoms with Gasteiger partial charge in [0, 0.05) is 19.0 Å². The van der Waals surface area contributed by atoms with Gasteiger partial charge in [-0.05, 0) is 44.6 Å². The molecule has 0 heterocycles. The van der Waals surface area contributed by atoms with Crippen molar-refractivity contribution in [1.82, 2.24) is 4.90 Å². The van der Waals surface area contributed by atoms with Crippen LogP contribution in [0, 0.1) is 11.8 Å². The Balaban J connectivity index is 1.87. The molecule has 0 bridgehead atoms. The largest absolute Gasteiger partial charge is 0.343 e. The zero-order valence-electron chi connectivity index (χ0n) is 11.7. The van der Waals surface area contributed by atoms with Crippen LogP contribution in [0.1, 0.15) is 57.8 Å².